The van der Waals surface area contributed by atoms with Crippen LogP contribution in [0.15, 0.2) is 18.2 Å². The van der Waals surface area contributed by atoms with Gasteiger partial charge in [0.2, 0.25) is 0 Å². The Balaban J connectivity index is 1.71. The van der Waals surface area contributed by atoms with Crippen molar-refractivity contribution in [1.82, 2.24) is 0 Å². The number of hydrogen-bond acceptors (Lipinski definition) is 3. The molecule has 0 radical (unpaired) electrons. The monoisotopic (exact) mass is 248 g/mol. The largest absolute Gasteiger partial charge is 0.487 e. The van der Waals surface area contributed by atoms with Gasteiger partial charge in [0.05, 0.1) is 6.10 Å². The zero-order chi connectivity index (χ0) is 12.8. The maximum absolute atomic E-state index is 9.84. The standard InChI is InChI=1S/C15H20O3/c1-15(2)8-11-4-3-5-13(14(11)18-15)17-9-12(16)10-6-7-10/h3-5,10,12,16H,6-9H2,1-2H3. The van der Waals surface area contributed by atoms with Gasteiger partial charge in [-0.05, 0) is 38.7 Å². The first-order valence-corrected chi connectivity index (χ1v) is 6.67. The van der Waals surface area contributed by atoms with Gasteiger partial charge in [-0.25, -0.2) is 0 Å². The second kappa shape index (κ2) is 4.16. The lowest BCUT2D eigenvalue weighted by Crippen LogP contribution is -2.25. The molecule has 1 aromatic rings. The van der Waals surface area contributed by atoms with Crippen LogP contribution in [0.3, 0.4) is 0 Å². The molecule has 0 saturated heterocycles. The van der Waals surface area contributed by atoms with Gasteiger partial charge >= 0.3 is 0 Å². The number of fused-ring (bicyclic) bond motifs is 1. The van der Waals surface area contributed by atoms with Gasteiger partial charge in [-0.3, -0.25) is 0 Å². The predicted molar refractivity (Wildman–Crippen MR) is 69.1 cm³/mol. The summed E-state index contributed by atoms with van der Waals surface area (Å²) in [5.74, 6) is 2.06. The molecule has 1 aliphatic heterocycles. The summed E-state index contributed by atoms with van der Waals surface area (Å²) in [5.41, 5.74) is 1.04. The van der Waals surface area contributed by atoms with Crippen LogP contribution in [-0.2, 0) is 6.42 Å². The van der Waals surface area contributed by atoms with Crippen LogP contribution in [0.25, 0.3) is 0 Å². The van der Waals surface area contributed by atoms with E-state index in [1.807, 2.05) is 12.1 Å². The van der Waals surface area contributed by atoms with Crippen molar-refractivity contribution in [2.75, 3.05) is 6.61 Å². The Kier molecular flexibility index (Phi) is 2.74. The van der Waals surface area contributed by atoms with Gasteiger partial charge in [0.1, 0.15) is 12.2 Å². The van der Waals surface area contributed by atoms with Crippen molar-refractivity contribution >= 4 is 0 Å². The predicted octanol–water partition coefficient (Wildman–Crippen LogP) is 2.55. The first kappa shape index (κ1) is 11.8. The average molecular weight is 248 g/mol. The Morgan fingerprint density at radius 1 is 1.44 bits per heavy atom. The third-order valence-electron chi connectivity index (χ3n) is 3.63. The summed E-state index contributed by atoms with van der Waals surface area (Å²) in [6, 6.07) is 5.98. The van der Waals surface area contributed by atoms with Crippen LogP contribution in [0.5, 0.6) is 11.5 Å². The van der Waals surface area contributed by atoms with E-state index < -0.39 is 0 Å². The summed E-state index contributed by atoms with van der Waals surface area (Å²) in [6.07, 6.45) is 2.82. The number of rotatable bonds is 4. The van der Waals surface area contributed by atoms with Gasteiger partial charge in [0, 0.05) is 12.0 Å². The highest BCUT2D eigenvalue weighted by Crippen LogP contribution is 2.42. The molecule has 1 aliphatic carbocycles. The average Bonchev–Trinajstić information content (AvgIpc) is 3.08. The quantitative estimate of drug-likeness (QED) is 0.890. The molecule has 3 heteroatoms. The molecule has 1 heterocycles. The smallest absolute Gasteiger partial charge is 0.165 e. The normalized spacial score (nSPS) is 22.2. The first-order chi connectivity index (χ1) is 8.55. The van der Waals surface area contributed by atoms with Crippen LogP contribution >= 0.6 is 0 Å². The Hall–Kier alpha value is -1.22. The van der Waals surface area contributed by atoms with Crippen LogP contribution in [0.2, 0.25) is 0 Å². The van der Waals surface area contributed by atoms with E-state index in [-0.39, 0.29) is 11.7 Å². The van der Waals surface area contributed by atoms with Crippen molar-refractivity contribution in [3.05, 3.63) is 23.8 Å². The SMILES string of the molecule is CC1(C)Cc2cccc(OCC(O)C3CC3)c2O1. The Labute approximate surface area is 108 Å². The van der Waals surface area contributed by atoms with Crippen molar-refractivity contribution in [1.29, 1.82) is 0 Å². The third-order valence-corrected chi connectivity index (χ3v) is 3.63. The molecule has 0 spiro atoms. The van der Waals surface area contributed by atoms with E-state index in [4.69, 9.17) is 9.47 Å². The van der Waals surface area contributed by atoms with Crippen molar-refractivity contribution in [3.63, 3.8) is 0 Å². The highest BCUT2D eigenvalue weighted by atomic mass is 16.5. The minimum atomic E-state index is -0.338. The van der Waals surface area contributed by atoms with E-state index in [0.717, 1.165) is 30.8 Å². The van der Waals surface area contributed by atoms with Gasteiger partial charge in [-0.15, -0.1) is 0 Å². The van der Waals surface area contributed by atoms with E-state index in [1.54, 1.807) is 0 Å². The third kappa shape index (κ3) is 2.32. The molecular weight excluding hydrogens is 228 g/mol. The summed E-state index contributed by atoms with van der Waals surface area (Å²) in [7, 11) is 0. The van der Waals surface area contributed by atoms with E-state index in [0.29, 0.717) is 12.5 Å². The molecular formula is C15H20O3. The molecule has 0 aromatic heterocycles. The maximum atomic E-state index is 9.84. The van der Waals surface area contributed by atoms with E-state index in [1.165, 1.54) is 5.56 Å². The molecule has 3 nitrogen and oxygen atoms in total. The van der Waals surface area contributed by atoms with Crippen molar-refractivity contribution in [2.45, 2.75) is 44.8 Å². The second-order valence-corrected chi connectivity index (χ2v) is 6.00. The van der Waals surface area contributed by atoms with Crippen molar-refractivity contribution in [3.8, 4) is 11.5 Å². The Bertz CT molecular complexity index is 449. The van der Waals surface area contributed by atoms with Crippen molar-refractivity contribution in [2.24, 2.45) is 5.92 Å². The molecule has 1 atom stereocenters. The number of para-hydroxylation sites is 1. The van der Waals surface area contributed by atoms with Crippen molar-refractivity contribution < 1.29 is 14.6 Å². The molecule has 0 amide bonds. The highest BCUT2D eigenvalue weighted by molar-refractivity contribution is 5.50. The lowest BCUT2D eigenvalue weighted by atomic mass is 10.0. The minimum Gasteiger partial charge on any atom is -0.487 e. The summed E-state index contributed by atoms with van der Waals surface area (Å²) in [5, 5.41) is 9.84. The fraction of sp³-hybridized carbons (Fsp3) is 0.600. The Morgan fingerprint density at radius 3 is 2.94 bits per heavy atom. The highest BCUT2D eigenvalue weighted by Gasteiger charge is 2.33. The van der Waals surface area contributed by atoms with Gasteiger partial charge < -0.3 is 14.6 Å². The Morgan fingerprint density at radius 2 is 2.22 bits per heavy atom. The maximum Gasteiger partial charge on any atom is 0.165 e. The molecule has 1 aromatic carbocycles. The molecule has 1 saturated carbocycles. The number of ether oxygens (including phenoxy) is 2. The molecule has 1 N–H and O–H groups in total. The lowest BCUT2D eigenvalue weighted by molar-refractivity contribution is 0.0834. The molecule has 1 fully saturated rings. The van der Waals surface area contributed by atoms with Gasteiger partial charge in [0.15, 0.2) is 11.5 Å². The van der Waals surface area contributed by atoms with Crippen LogP contribution in [0.4, 0.5) is 0 Å². The van der Waals surface area contributed by atoms with Crippen LogP contribution in [0.1, 0.15) is 32.3 Å². The van der Waals surface area contributed by atoms with E-state index in [9.17, 15) is 5.11 Å². The first-order valence-electron chi connectivity index (χ1n) is 6.67. The lowest BCUT2D eigenvalue weighted by Gasteiger charge is -2.18. The fourth-order valence-electron chi connectivity index (χ4n) is 2.49. The van der Waals surface area contributed by atoms with Crippen LogP contribution < -0.4 is 9.47 Å². The van der Waals surface area contributed by atoms with Gasteiger partial charge in [-0.1, -0.05) is 12.1 Å². The van der Waals surface area contributed by atoms with Gasteiger partial charge in [-0.2, -0.15) is 0 Å². The molecule has 2 aliphatic rings. The molecule has 0 bridgehead atoms. The van der Waals surface area contributed by atoms with Gasteiger partial charge in [0.25, 0.3) is 0 Å². The topological polar surface area (TPSA) is 38.7 Å². The fourth-order valence-corrected chi connectivity index (χ4v) is 2.49. The number of benzene rings is 1. The minimum absolute atomic E-state index is 0.156. The number of hydrogen-bond donors (Lipinski definition) is 1. The summed E-state index contributed by atoms with van der Waals surface area (Å²) in [4.78, 5) is 0. The van der Waals surface area contributed by atoms with E-state index in [2.05, 4.69) is 19.9 Å². The second-order valence-electron chi connectivity index (χ2n) is 6.00. The van der Waals surface area contributed by atoms with E-state index >= 15 is 0 Å². The molecule has 18 heavy (non-hydrogen) atoms. The number of aliphatic hydroxyl groups is 1. The molecule has 1 unspecified atom stereocenters. The molecule has 98 valence electrons. The zero-order valence-corrected chi connectivity index (χ0v) is 11.0. The van der Waals surface area contributed by atoms with Crippen LogP contribution in [0, 0.1) is 5.92 Å². The van der Waals surface area contributed by atoms with Crippen LogP contribution in [-0.4, -0.2) is 23.4 Å². The summed E-state index contributed by atoms with van der Waals surface area (Å²) in [6.45, 7) is 4.52. The number of aliphatic hydroxyl groups excluding tert-OH is 1. The molecule has 3 rings (SSSR count). The zero-order valence-electron chi connectivity index (χ0n) is 11.0. The summed E-state index contributed by atoms with van der Waals surface area (Å²) < 4.78 is 11.7. The summed E-state index contributed by atoms with van der Waals surface area (Å²) >= 11 is 0.